The molecule has 0 saturated carbocycles. The van der Waals surface area contributed by atoms with Crippen molar-refractivity contribution < 1.29 is 9.47 Å². The van der Waals surface area contributed by atoms with Gasteiger partial charge in [0.2, 0.25) is 0 Å². The molecule has 0 amide bonds. The highest BCUT2D eigenvalue weighted by Crippen LogP contribution is 2.30. The molecular weight excluding hydrogens is 238 g/mol. The summed E-state index contributed by atoms with van der Waals surface area (Å²) in [6.45, 7) is 6.39. The summed E-state index contributed by atoms with van der Waals surface area (Å²) in [6.07, 6.45) is 0.931. The summed E-state index contributed by atoms with van der Waals surface area (Å²) in [5.74, 6) is 1.68. The van der Waals surface area contributed by atoms with Gasteiger partial charge in [-0.1, -0.05) is 24.2 Å². The van der Waals surface area contributed by atoms with Gasteiger partial charge in [-0.15, -0.1) is 0 Å². The fraction of sp³-hybridized carbons (Fsp3) is 0.385. The summed E-state index contributed by atoms with van der Waals surface area (Å²) in [5, 5.41) is 3.84. The molecule has 1 aromatic rings. The molecule has 4 heteroatoms. The first kappa shape index (κ1) is 12.3. The molecule has 0 fully saturated rings. The van der Waals surface area contributed by atoms with Crippen LogP contribution in [0.2, 0.25) is 0 Å². The predicted molar refractivity (Wildman–Crippen MR) is 69.0 cm³/mol. The smallest absolute Gasteiger partial charge is 0.161 e. The van der Waals surface area contributed by atoms with Crippen LogP contribution in [0.5, 0.6) is 11.5 Å². The van der Waals surface area contributed by atoms with Crippen LogP contribution in [0.15, 0.2) is 29.8 Å². The van der Waals surface area contributed by atoms with Gasteiger partial charge in [0.1, 0.15) is 13.2 Å². The third-order valence-corrected chi connectivity index (χ3v) is 2.65. The standard InChI is InChI=1S/C13H16ClNO2/c1-10(14)9-15-5-4-11-2-3-12-13(8-11)17-7-6-16-12/h2-3,8,15H,1,4-7,9H2. The molecule has 92 valence electrons. The van der Waals surface area contributed by atoms with E-state index in [4.69, 9.17) is 21.1 Å². The van der Waals surface area contributed by atoms with Gasteiger partial charge >= 0.3 is 0 Å². The molecule has 1 aromatic carbocycles. The number of nitrogens with one attached hydrogen (secondary N) is 1. The van der Waals surface area contributed by atoms with Crippen LogP contribution in [0.25, 0.3) is 0 Å². The van der Waals surface area contributed by atoms with Crippen LogP contribution in [-0.4, -0.2) is 26.3 Å². The number of hydrogen-bond donors (Lipinski definition) is 1. The second kappa shape index (κ2) is 5.94. The molecule has 0 bridgehead atoms. The maximum Gasteiger partial charge on any atom is 0.161 e. The number of benzene rings is 1. The minimum Gasteiger partial charge on any atom is -0.486 e. The summed E-state index contributed by atoms with van der Waals surface area (Å²) in [4.78, 5) is 0. The minimum atomic E-state index is 0.626. The van der Waals surface area contributed by atoms with Crippen molar-refractivity contribution in [3.05, 3.63) is 35.4 Å². The van der Waals surface area contributed by atoms with Crippen molar-refractivity contribution in [2.75, 3.05) is 26.3 Å². The van der Waals surface area contributed by atoms with Crippen molar-refractivity contribution >= 4 is 11.6 Å². The summed E-state index contributed by atoms with van der Waals surface area (Å²) >= 11 is 5.66. The Balaban J connectivity index is 1.86. The van der Waals surface area contributed by atoms with E-state index in [9.17, 15) is 0 Å². The van der Waals surface area contributed by atoms with Gasteiger partial charge in [-0.05, 0) is 30.7 Å². The molecular formula is C13H16ClNO2. The Labute approximate surface area is 106 Å². The Morgan fingerprint density at radius 3 is 2.82 bits per heavy atom. The maximum atomic E-state index is 5.66. The quantitative estimate of drug-likeness (QED) is 0.817. The zero-order valence-corrected chi connectivity index (χ0v) is 10.4. The molecule has 0 unspecified atom stereocenters. The van der Waals surface area contributed by atoms with Crippen molar-refractivity contribution in [3.8, 4) is 11.5 Å². The maximum absolute atomic E-state index is 5.66. The third kappa shape index (κ3) is 3.65. The molecule has 3 nitrogen and oxygen atoms in total. The molecule has 0 aromatic heterocycles. The Morgan fingerprint density at radius 1 is 1.29 bits per heavy atom. The Hall–Kier alpha value is -1.19. The van der Waals surface area contributed by atoms with E-state index >= 15 is 0 Å². The highest BCUT2D eigenvalue weighted by atomic mass is 35.5. The Kier molecular flexibility index (Phi) is 4.29. The Morgan fingerprint density at radius 2 is 2.06 bits per heavy atom. The van der Waals surface area contributed by atoms with E-state index in [1.807, 2.05) is 12.1 Å². The topological polar surface area (TPSA) is 30.5 Å². The van der Waals surface area contributed by atoms with Gasteiger partial charge in [0.25, 0.3) is 0 Å². The zero-order valence-electron chi connectivity index (χ0n) is 9.67. The van der Waals surface area contributed by atoms with E-state index in [-0.39, 0.29) is 0 Å². The van der Waals surface area contributed by atoms with Crippen molar-refractivity contribution in [2.24, 2.45) is 0 Å². The summed E-state index contributed by atoms with van der Waals surface area (Å²) in [5.41, 5.74) is 1.22. The highest BCUT2D eigenvalue weighted by molar-refractivity contribution is 6.29. The lowest BCUT2D eigenvalue weighted by Gasteiger charge is -2.18. The van der Waals surface area contributed by atoms with Crippen LogP contribution >= 0.6 is 11.6 Å². The molecule has 1 aliphatic heterocycles. The van der Waals surface area contributed by atoms with E-state index in [0.717, 1.165) is 24.5 Å². The van der Waals surface area contributed by atoms with Gasteiger partial charge in [0.05, 0.1) is 0 Å². The van der Waals surface area contributed by atoms with Gasteiger partial charge in [-0.3, -0.25) is 0 Å². The molecule has 0 atom stereocenters. The monoisotopic (exact) mass is 253 g/mol. The van der Waals surface area contributed by atoms with Gasteiger partial charge in [0, 0.05) is 11.6 Å². The van der Waals surface area contributed by atoms with E-state index in [1.165, 1.54) is 5.56 Å². The third-order valence-electron chi connectivity index (χ3n) is 2.51. The van der Waals surface area contributed by atoms with E-state index in [1.54, 1.807) is 0 Å². The van der Waals surface area contributed by atoms with E-state index in [2.05, 4.69) is 18.0 Å². The number of hydrogen-bond acceptors (Lipinski definition) is 3. The fourth-order valence-corrected chi connectivity index (χ4v) is 1.79. The summed E-state index contributed by atoms with van der Waals surface area (Å²) in [6, 6.07) is 6.06. The second-order valence-corrected chi connectivity index (χ2v) is 4.46. The second-order valence-electron chi connectivity index (χ2n) is 3.92. The van der Waals surface area contributed by atoms with Crippen LogP contribution in [-0.2, 0) is 6.42 Å². The van der Waals surface area contributed by atoms with Crippen molar-refractivity contribution in [2.45, 2.75) is 6.42 Å². The van der Waals surface area contributed by atoms with Crippen molar-refractivity contribution in [1.82, 2.24) is 5.32 Å². The number of rotatable bonds is 5. The molecule has 0 saturated heterocycles. The van der Waals surface area contributed by atoms with Crippen molar-refractivity contribution in [1.29, 1.82) is 0 Å². The van der Waals surface area contributed by atoms with Crippen LogP contribution in [0.4, 0.5) is 0 Å². The lowest BCUT2D eigenvalue weighted by Crippen LogP contribution is -2.19. The van der Waals surface area contributed by atoms with Crippen LogP contribution in [0.3, 0.4) is 0 Å². The molecule has 1 N–H and O–H groups in total. The first-order chi connectivity index (χ1) is 8.25. The van der Waals surface area contributed by atoms with Crippen molar-refractivity contribution in [3.63, 3.8) is 0 Å². The molecule has 0 spiro atoms. The SMILES string of the molecule is C=C(Cl)CNCCc1ccc2c(c1)OCCO2. The van der Waals surface area contributed by atoms with Gasteiger partial charge in [0.15, 0.2) is 11.5 Å². The fourth-order valence-electron chi connectivity index (χ4n) is 1.70. The molecule has 17 heavy (non-hydrogen) atoms. The van der Waals surface area contributed by atoms with Gasteiger partial charge in [-0.25, -0.2) is 0 Å². The average molecular weight is 254 g/mol. The normalized spacial score (nSPS) is 13.5. The van der Waals surface area contributed by atoms with Crippen LogP contribution in [0, 0.1) is 0 Å². The lowest BCUT2D eigenvalue weighted by atomic mass is 10.1. The number of ether oxygens (including phenoxy) is 2. The molecule has 1 heterocycles. The first-order valence-corrected chi connectivity index (χ1v) is 6.06. The summed E-state index contributed by atoms with van der Waals surface area (Å²) < 4.78 is 11.0. The van der Waals surface area contributed by atoms with Gasteiger partial charge in [-0.2, -0.15) is 0 Å². The molecule has 0 radical (unpaired) electrons. The molecule has 1 aliphatic rings. The lowest BCUT2D eigenvalue weighted by molar-refractivity contribution is 0.171. The van der Waals surface area contributed by atoms with E-state index in [0.29, 0.717) is 24.8 Å². The Bertz CT molecular complexity index is 406. The van der Waals surface area contributed by atoms with Gasteiger partial charge < -0.3 is 14.8 Å². The molecule has 2 rings (SSSR count). The summed E-state index contributed by atoms with van der Waals surface area (Å²) in [7, 11) is 0. The average Bonchev–Trinajstić information content (AvgIpc) is 2.34. The largest absolute Gasteiger partial charge is 0.486 e. The zero-order chi connectivity index (χ0) is 12.1. The first-order valence-electron chi connectivity index (χ1n) is 5.68. The number of fused-ring (bicyclic) bond motifs is 1. The minimum absolute atomic E-state index is 0.626. The molecule has 0 aliphatic carbocycles. The van der Waals surface area contributed by atoms with Crippen LogP contribution < -0.4 is 14.8 Å². The predicted octanol–water partition coefficient (Wildman–Crippen LogP) is 2.34. The van der Waals surface area contributed by atoms with E-state index < -0.39 is 0 Å². The highest BCUT2D eigenvalue weighted by Gasteiger charge is 2.11. The number of halogens is 1. The van der Waals surface area contributed by atoms with Crippen LogP contribution in [0.1, 0.15) is 5.56 Å².